The van der Waals surface area contributed by atoms with Crippen LogP contribution in [0.4, 0.5) is 0 Å². The number of likely N-dealkylation sites (tertiary alicyclic amines) is 1. The molecule has 1 saturated heterocycles. The van der Waals surface area contributed by atoms with Crippen LogP contribution < -0.4 is 0 Å². The van der Waals surface area contributed by atoms with E-state index in [1.165, 1.54) is 0 Å². The van der Waals surface area contributed by atoms with Gasteiger partial charge in [0.25, 0.3) is 5.91 Å². The molecule has 1 aliphatic rings. The highest BCUT2D eigenvalue weighted by molar-refractivity contribution is 9.10. The first kappa shape index (κ1) is 12.0. The number of aliphatic carboxylic acids is 1. The third-order valence-electron chi connectivity index (χ3n) is 2.68. The molecule has 90 valence electrons. The number of rotatable bonds is 3. The lowest BCUT2D eigenvalue weighted by Gasteiger charge is -2.38. The van der Waals surface area contributed by atoms with E-state index < -0.39 is 5.97 Å². The molecule has 2 rings (SSSR count). The third kappa shape index (κ3) is 2.82. The summed E-state index contributed by atoms with van der Waals surface area (Å²) in [6.45, 7) is 1.04. The van der Waals surface area contributed by atoms with Gasteiger partial charge in [-0.25, -0.2) is 4.98 Å². The lowest BCUT2D eigenvalue weighted by molar-refractivity contribution is -0.139. The summed E-state index contributed by atoms with van der Waals surface area (Å²) in [5.41, 5.74) is 0.570. The van der Waals surface area contributed by atoms with Gasteiger partial charge in [-0.1, -0.05) is 0 Å². The monoisotopic (exact) mass is 298 g/mol. The van der Waals surface area contributed by atoms with Crippen LogP contribution in [0.5, 0.6) is 0 Å². The zero-order valence-corrected chi connectivity index (χ0v) is 10.6. The molecule has 1 aliphatic heterocycles. The van der Waals surface area contributed by atoms with Gasteiger partial charge in [0, 0.05) is 30.8 Å². The highest BCUT2D eigenvalue weighted by Crippen LogP contribution is 2.22. The van der Waals surface area contributed by atoms with Crippen LogP contribution in [-0.2, 0) is 4.79 Å². The largest absolute Gasteiger partial charge is 0.481 e. The van der Waals surface area contributed by atoms with E-state index in [1.54, 1.807) is 23.2 Å². The zero-order valence-electron chi connectivity index (χ0n) is 8.97. The number of carbonyl (C=O) groups excluding carboxylic acids is 1. The Balaban J connectivity index is 1.93. The summed E-state index contributed by atoms with van der Waals surface area (Å²) < 4.78 is 0.617. The summed E-state index contributed by atoms with van der Waals surface area (Å²) in [5, 5.41) is 8.61. The number of halogens is 1. The maximum atomic E-state index is 11.9. The van der Waals surface area contributed by atoms with Gasteiger partial charge in [-0.3, -0.25) is 9.59 Å². The first-order chi connectivity index (χ1) is 8.06. The Morgan fingerprint density at radius 2 is 2.24 bits per heavy atom. The molecule has 0 atom stereocenters. The first-order valence-corrected chi connectivity index (χ1v) is 5.98. The Morgan fingerprint density at radius 1 is 1.53 bits per heavy atom. The van der Waals surface area contributed by atoms with Gasteiger partial charge < -0.3 is 10.0 Å². The number of nitrogens with zero attached hydrogens (tertiary/aromatic N) is 2. The summed E-state index contributed by atoms with van der Waals surface area (Å²) in [7, 11) is 0. The Kier molecular flexibility index (Phi) is 3.42. The van der Waals surface area contributed by atoms with Crippen molar-refractivity contribution >= 4 is 27.8 Å². The molecular weight excluding hydrogens is 288 g/mol. The molecule has 1 N–H and O–H groups in total. The smallest absolute Gasteiger partial charge is 0.303 e. The van der Waals surface area contributed by atoms with Crippen LogP contribution in [-0.4, -0.2) is 40.0 Å². The summed E-state index contributed by atoms with van der Waals surface area (Å²) in [4.78, 5) is 28.0. The van der Waals surface area contributed by atoms with Gasteiger partial charge in [0.2, 0.25) is 0 Å². The van der Waals surface area contributed by atoms with E-state index in [2.05, 4.69) is 20.9 Å². The second kappa shape index (κ2) is 4.83. The quantitative estimate of drug-likeness (QED) is 0.856. The van der Waals surface area contributed by atoms with Crippen molar-refractivity contribution in [2.24, 2.45) is 5.92 Å². The number of carboxylic acid groups (broad SMARTS) is 1. The maximum Gasteiger partial charge on any atom is 0.303 e. The minimum absolute atomic E-state index is 0.0743. The van der Waals surface area contributed by atoms with E-state index in [0.717, 1.165) is 0 Å². The van der Waals surface area contributed by atoms with E-state index in [4.69, 9.17) is 5.11 Å². The van der Waals surface area contributed by atoms with Crippen LogP contribution in [0.25, 0.3) is 0 Å². The SMILES string of the molecule is O=C(O)CC1CN(C(=O)c2ccnc(Br)c2)C1. The van der Waals surface area contributed by atoms with Crippen molar-refractivity contribution in [2.75, 3.05) is 13.1 Å². The Morgan fingerprint density at radius 3 is 2.82 bits per heavy atom. The van der Waals surface area contributed by atoms with Crippen molar-refractivity contribution < 1.29 is 14.7 Å². The minimum Gasteiger partial charge on any atom is -0.481 e. The zero-order chi connectivity index (χ0) is 12.4. The van der Waals surface area contributed by atoms with Crippen molar-refractivity contribution in [1.82, 2.24) is 9.88 Å². The van der Waals surface area contributed by atoms with E-state index in [-0.39, 0.29) is 18.2 Å². The first-order valence-electron chi connectivity index (χ1n) is 5.19. The number of pyridine rings is 1. The number of carboxylic acids is 1. The molecule has 5 nitrogen and oxygen atoms in total. The van der Waals surface area contributed by atoms with Crippen molar-refractivity contribution in [3.63, 3.8) is 0 Å². The highest BCUT2D eigenvalue weighted by Gasteiger charge is 2.32. The summed E-state index contributed by atoms with van der Waals surface area (Å²) in [5.74, 6) is -0.801. The van der Waals surface area contributed by atoms with Gasteiger partial charge in [0.05, 0.1) is 6.42 Å². The van der Waals surface area contributed by atoms with Gasteiger partial charge in [0.15, 0.2) is 0 Å². The Hall–Kier alpha value is -1.43. The van der Waals surface area contributed by atoms with Gasteiger partial charge in [-0.15, -0.1) is 0 Å². The number of hydrogen-bond acceptors (Lipinski definition) is 3. The fraction of sp³-hybridized carbons (Fsp3) is 0.364. The topological polar surface area (TPSA) is 70.5 Å². The van der Waals surface area contributed by atoms with Crippen molar-refractivity contribution in [1.29, 1.82) is 0 Å². The molecule has 1 aromatic heterocycles. The maximum absolute atomic E-state index is 11.9. The lowest BCUT2D eigenvalue weighted by Crippen LogP contribution is -2.50. The molecular formula is C11H11BrN2O3. The molecule has 0 spiro atoms. The van der Waals surface area contributed by atoms with Crippen LogP contribution in [0.15, 0.2) is 22.9 Å². The number of aromatic nitrogens is 1. The third-order valence-corrected chi connectivity index (χ3v) is 3.11. The molecule has 2 heterocycles. The molecule has 1 aromatic rings. The van der Waals surface area contributed by atoms with Crippen LogP contribution >= 0.6 is 15.9 Å². The van der Waals surface area contributed by atoms with E-state index in [1.807, 2.05) is 0 Å². The van der Waals surface area contributed by atoms with E-state index in [0.29, 0.717) is 23.3 Å². The average molecular weight is 299 g/mol. The van der Waals surface area contributed by atoms with Crippen LogP contribution in [0.2, 0.25) is 0 Å². The van der Waals surface area contributed by atoms with E-state index in [9.17, 15) is 9.59 Å². The fourth-order valence-electron chi connectivity index (χ4n) is 1.83. The van der Waals surface area contributed by atoms with E-state index >= 15 is 0 Å². The number of carbonyl (C=O) groups is 2. The van der Waals surface area contributed by atoms with Crippen molar-refractivity contribution in [3.05, 3.63) is 28.5 Å². The van der Waals surface area contributed by atoms with Crippen LogP contribution in [0.3, 0.4) is 0 Å². The minimum atomic E-state index is -0.811. The van der Waals surface area contributed by atoms with Crippen molar-refractivity contribution in [3.8, 4) is 0 Å². The second-order valence-corrected chi connectivity index (χ2v) is 4.85. The fourth-order valence-corrected chi connectivity index (χ4v) is 2.19. The van der Waals surface area contributed by atoms with Gasteiger partial charge >= 0.3 is 5.97 Å². The number of hydrogen-bond donors (Lipinski definition) is 1. The molecule has 0 unspecified atom stereocenters. The summed E-state index contributed by atoms with van der Waals surface area (Å²) >= 11 is 3.20. The molecule has 0 aliphatic carbocycles. The Bertz CT molecular complexity index is 458. The second-order valence-electron chi connectivity index (χ2n) is 4.04. The van der Waals surface area contributed by atoms with Gasteiger partial charge in [-0.05, 0) is 28.1 Å². The number of amides is 1. The molecule has 1 fully saturated rings. The van der Waals surface area contributed by atoms with Crippen LogP contribution in [0.1, 0.15) is 16.8 Å². The van der Waals surface area contributed by atoms with Crippen LogP contribution in [0, 0.1) is 5.92 Å². The molecule has 0 radical (unpaired) electrons. The molecule has 1 amide bonds. The van der Waals surface area contributed by atoms with Gasteiger partial charge in [0.1, 0.15) is 4.60 Å². The highest BCUT2D eigenvalue weighted by atomic mass is 79.9. The van der Waals surface area contributed by atoms with Crippen molar-refractivity contribution in [2.45, 2.75) is 6.42 Å². The summed E-state index contributed by atoms with van der Waals surface area (Å²) in [6.07, 6.45) is 1.69. The average Bonchev–Trinajstić information content (AvgIpc) is 2.21. The molecule has 6 heteroatoms. The molecule has 0 bridgehead atoms. The molecule has 0 aromatic carbocycles. The normalized spacial score (nSPS) is 15.5. The predicted molar refractivity (Wildman–Crippen MR) is 63.6 cm³/mol. The summed E-state index contributed by atoms with van der Waals surface area (Å²) in [6, 6.07) is 3.31. The lowest BCUT2D eigenvalue weighted by atomic mass is 9.95. The molecule has 17 heavy (non-hydrogen) atoms. The standard InChI is InChI=1S/C11H11BrN2O3/c12-9-4-8(1-2-13-9)11(17)14-5-7(6-14)3-10(15)16/h1-2,4,7H,3,5-6H2,(H,15,16). The Labute approximate surface area is 107 Å². The van der Waals surface area contributed by atoms with Gasteiger partial charge in [-0.2, -0.15) is 0 Å². The predicted octanol–water partition coefficient (Wildman–Crippen LogP) is 1.39. The molecule has 0 saturated carbocycles.